The number of methoxy groups -OCH3 is 1. The zero-order valence-corrected chi connectivity index (χ0v) is 24.8. The van der Waals surface area contributed by atoms with E-state index in [4.69, 9.17) is 9.47 Å². The minimum absolute atomic E-state index is 0.0532. The Morgan fingerprint density at radius 2 is 1.93 bits per heavy atom. The van der Waals surface area contributed by atoms with E-state index >= 15 is 0 Å². The van der Waals surface area contributed by atoms with Gasteiger partial charge in [-0.3, -0.25) is 9.78 Å². The molecule has 1 saturated heterocycles. The maximum atomic E-state index is 13.3. The Balaban J connectivity index is 1.30. The number of aromatic nitrogens is 4. The van der Waals surface area contributed by atoms with Crippen LogP contribution in [-0.2, 0) is 4.74 Å². The van der Waals surface area contributed by atoms with Crippen LogP contribution in [0.4, 0.5) is 10.5 Å². The molecule has 2 atom stereocenters. The van der Waals surface area contributed by atoms with Crippen LogP contribution < -0.4 is 15.2 Å². The molecular formula is C31H42N6O4. The number of hydrogen-bond donors (Lipinski definition) is 0. The summed E-state index contributed by atoms with van der Waals surface area (Å²) in [6.07, 6.45) is 14.1. The second-order valence-electron chi connectivity index (χ2n) is 12.3. The molecule has 10 nitrogen and oxygen atoms in total. The molecule has 1 aliphatic heterocycles. The Kier molecular flexibility index (Phi) is 8.37. The summed E-state index contributed by atoms with van der Waals surface area (Å²) < 4.78 is 14.5. The number of piperidine rings is 1. The molecule has 2 aliphatic rings. The average molecular weight is 563 g/mol. The number of nitrogens with zero attached hydrogens (tertiary/aromatic N) is 6. The highest BCUT2D eigenvalue weighted by molar-refractivity contribution is 5.69. The zero-order valence-electron chi connectivity index (χ0n) is 24.8. The molecule has 1 unspecified atom stereocenters. The van der Waals surface area contributed by atoms with Crippen molar-refractivity contribution in [2.45, 2.75) is 77.5 Å². The lowest BCUT2D eigenvalue weighted by atomic mass is 9.84. The topological polar surface area (TPSA) is 94.7 Å². The maximum Gasteiger partial charge on any atom is 0.410 e. The Morgan fingerprint density at radius 3 is 2.61 bits per heavy atom. The monoisotopic (exact) mass is 562 g/mol. The van der Waals surface area contributed by atoms with Crippen molar-refractivity contribution in [3.05, 3.63) is 65.1 Å². The molecule has 0 spiro atoms. The fourth-order valence-electron chi connectivity index (χ4n) is 5.58. The van der Waals surface area contributed by atoms with Crippen molar-refractivity contribution >= 4 is 11.8 Å². The minimum atomic E-state index is -0.536. The van der Waals surface area contributed by atoms with Crippen LogP contribution in [0.1, 0.15) is 71.4 Å². The van der Waals surface area contributed by atoms with Crippen molar-refractivity contribution in [1.29, 1.82) is 0 Å². The van der Waals surface area contributed by atoms with Gasteiger partial charge in [0.05, 0.1) is 43.5 Å². The molecular weight excluding hydrogens is 520 g/mol. The predicted molar refractivity (Wildman–Crippen MR) is 158 cm³/mol. The molecule has 0 radical (unpaired) electrons. The highest BCUT2D eigenvalue weighted by Crippen LogP contribution is 2.31. The van der Waals surface area contributed by atoms with Crippen molar-refractivity contribution in [2.24, 2.45) is 5.92 Å². The van der Waals surface area contributed by atoms with Gasteiger partial charge in [-0.05, 0) is 65.4 Å². The van der Waals surface area contributed by atoms with Gasteiger partial charge in [-0.2, -0.15) is 5.10 Å². The Hall–Kier alpha value is -3.82. The molecule has 1 amide bonds. The van der Waals surface area contributed by atoms with E-state index in [-0.39, 0.29) is 23.7 Å². The lowest BCUT2D eigenvalue weighted by Gasteiger charge is -2.43. The fourth-order valence-corrected chi connectivity index (χ4v) is 5.58. The SMILES string of the molecule is COc1cncc(-n2cc(C(C)n3ccc(N4CCC[C@@H](N(CC5CCC5)C(=O)OC(C)(C)C)C4)cc3=O)cn2)c1. The normalized spacial score (nSPS) is 18.5. The van der Waals surface area contributed by atoms with E-state index in [2.05, 4.69) is 15.0 Å². The Bertz CT molecular complexity index is 1410. The van der Waals surface area contributed by atoms with Crippen molar-refractivity contribution in [1.82, 2.24) is 24.2 Å². The maximum absolute atomic E-state index is 13.3. The van der Waals surface area contributed by atoms with E-state index in [9.17, 15) is 9.59 Å². The zero-order chi connectivity index (χ0) is 29.1. The molecule has 5 rings (SSSR count). The predicted octanol–water partition coefficient (Wildman–Crippen LogP) is 5.05. The first-order chi connectivity index (χ1) is 19.6. The standard InChI is InChI=1S/C31H42N6O4/c1-22(24-16-33-37(20-24)27-14-28(40-5)18-32-17-27)35-13-11-25(15-29(35)38)34-12-7-10-26(21-34)36(19-23-8-6-9-23)30(39)41-31(2,3)4/h11,13-18,20,22-23,26H,6-10,12,19,21H2,1-5H3/t22?,26-/m1/s1. The smallest absolute Gasteiger partial charge is 0.410 e. The van der Waals surface area contributed by atoms with Crippen LogP contribution in [0.3, 0.4) is 0 Å². The number of anilines is 1. The number of carbonyl (C=O) groups excluding carboxylic acids is 1. The summed E-state index contributed by atoms with van der Waals surface area (Å²) in [4.78, 5) is 34.9. The van der Waals surface area contributed by atoms with Gasteiger partial charge in [-0.1, -0.05) is 6.42 Å². The third-order valence-corrected chi connectivity index (χ3v) is 8.14. The van der Waals surface area contributed by atoms with Crippen molar-refractivity contribution in [3.8, 4) is 11.4 Å². The van der Waals surface area contributed by atoms with Crippen LogP contribution in [0.25, 0.3) is 5.69 Å². The minimum Gasteiger partial charge on any atom is -0.495 e. The van der Waals surface area contributed by atoms with E-state index in [0.29, 0.717) is 18.2 Å². The van der Waals surface area contributed by atoms with Crippen molar-refractivity contribution < 1.29 is 14.3 Å². The molecule has 1 aliphatic carbocycles. The van der Waals surface area contributed by atoms with Crippen LogP contribution in [0.15, 0.2) is 54.0 Å². The summed E-state index contributed by atoms with van der Waals surface area (Å²) in [7, 11) is 1.60. The van der Waals surface area contributed by atoms with E-state index in [1.165, 1.54) is 19.3 Å². The first-order valence-electron chi connectivity index (χ1n) is 14.6. The second-order valence-corrected chi connectivity index (χ2v) is 12.3. The molecule has 0 N–H and O–H groups in total. The number of rotatable bonds is 8. The van der Waals surface area contributed by atoms with E-state index < -0.39 is 5.60 Å². The molecule has 41 heavy (non-hydrogen) atoms. The van der Waals surface area contributed by atoms with Gasteiger partial charge in [0.25, 0.3) is 5.56 Å². The van der Waals surface area contributed by atoms with Crippen LogP contribution in [0.5, 0.6) is 5.75 Å². The second kappa shape index (κ2) is 12.0. The number of carbonyl (C=O) groups is 1. The van der Waals surface area contributed by atoms with Gasteiger partial charge in [0.2, 0.25) is 0 Å². The van der Waals surface area contributed by atoms with E-state index in [0.717, 1.165) is 42.9 Å². The molecule has 0 aromatic carbocycles. The summed E-state index contributed by atoms with van der Waals surface area (Å²) in [5.74, 6) is 1.20. The third kappa shape index (κ3) is 6.74. The summed E-state index contributed by atoms with van der Waals surface area (Å²) >= 11 is 0. The van der Waals surface area contributed by atoms with Gasteiger partial charge >= 0.3 is 6.09 Å². The molecule has 4 heterocycles. The molecule has 10 heteroatoms. The van der Waals surface area contributed by atoms with Gasteiger partial charge in [0, 0.05) is 55.4 Å². The number of ether oxygens (including phenoxy) is 2. The fraction of sp³-hybridized carbons (Fsp3) is 0.548. The van der Waals surface area contributed by atoms with Gasteiger partial charge in [0.15, 0.2) is 0 Å². The summed E-state index contributed by atoms with van der Waals surface area (Å²) in [6, 6.07) is 5.41. The first-order valence-corrected chi connectivity index (χ1v) is 14.6. The average Bonchev–Trinajstić information content (AvgIpc) is 3.42. The Morgan fingerprint density at radius 1 is 1.12 bits per heavy atom. The summed E-state index contributed by atoms with van der Waals surface area (Å²) in [5, 5.41) is 4.48. The summed E-state index contributed by atoms with van der Waals surface area (Å²) in [6.45, 7) is 10.0. The molecule has 1 saturated carbocycles. The van der Waals surface area contributed by atoms with Gasteiger partial charge in [-0.15, -0.1) is 0 Å². The third-order valence-electron chi connectivity index (χ3n) is 8.14. The van der Waals surface area contributed by atoms with Gasteiger partial charge in [0.1, 0.15) is 11.4 Å². The lowest BCUT2D eigenvalue weighted by molar-refractivity contribution is 0.00736. The van der Waals surface area contributed by atoms with E-state index in [1.807, 2.05) is 57.1 Å². The molecule has 2 fully saturated rings. The van der Waals surface area contributed by atoms with Crippen LogP contribution in [-0.4, -0.2) is 68.7 Å². The van der Waals surface area contributed by atoms with Crippen LogP contribution in [0, 0.1) is 5.92 Å². The Labute approximate surface area is 241 Å². The van der Waals surface area contributed by atoms with E-state index in [1.54, 1.807) is 41.0 Å². The first kappa shape index (κ1) is 28.7. The highest BCUT2D eigenvalue weighted by Gasteiger charge is 2.34. The quantitative estimate of drug-likeness (QED) is 0.379. The molecule has 0 bridgehead atoms. The van der Waals surface area contributed by atoms with Crippen LogP contribution in [0.2, 0.25) is 0 Å². The highest BCUT2D eigenvalue weighted by atomic mass is 16.6. The van der Waals surface area contributed by atoms with Gasteiger partial charge in [-0.25, -0.2) is 9.48 Å². The molecule has 3 aromatic rings. The molecule has 3 aromatic heterocycles. The van der Waals surface area contributed by atoms with Crippen molar-refractivity contribution in [2.75, 3.05) is 31.6 Å². The number of hydrogen-bond acceptors (Lipinski definition) is 7. The van der Waals surface area contributed by atoms with Crippen LogP contribution >= 0.6 is 0 Å². The lowest BCUT2D eigenvalue weighted by Crippen LogP contribution is -2.53. The largest absolute Gasteiger partial charge is 0.495 e. The summed E-state index contributed by atoms with van der Waals surface area (Å²) in [5.41, 5.74) is 1.96. The number of amides is 1. The van der Waals surface area contributed by atoms with Gasteiger partial charge < -0.3 is 23.8 Å². The number of pyridine rings is 2. The van der Waals surface area contributed by atoms with Crippen molar-refractivity contribution in [3.63, 3.8) is 0 Å². The molecule has 220 valence electrons.